The van der Waals surface area contributed by atoms with E-state index in [1.54, 1.807) is 24.6 Å². The summed E-state index contributed by atoms with van der Waals surface area (Å²) >= 11 is 1.14. The highest BCUT2D eigenvalue weighted by Crippen LogP contribution is 2.17. The molecule has 17 heavy (non-hydrogen) atoms. The molecule has 0 aromatic carbocycles. The van der Waals surface area contributed by atoms with Crippen molar-refractivity contribution in [2.24, 2.45) is 0 Å². The average molecular weight is 250 g/mol. The molecule has 2 rings (SSSR count). The van der Waals surface area contributed by atoms with Crippen molar-refractivity contribution in [3.63, 3.8) is 0 Å². The Hall–Kier alpha value is -1.95. The Morgan fingerprint density at radius 3 is 3.00 bits per heavy atom. The normalized spacial score (nSPS) is 10.4. The summed E-state index contributed by atoms with van der Waals surface area (Å²) in [6.45, 7) is 1.97. The van der Waals surface area contributed by atoms with Crippen LogP contribution in [0.4, 0.5) is 0 Å². The zero-order valence-electron chi connectivity index (χ0n) is 9.08. The van der Waals surface area contributed by atoms with Gasteiger partial charge in [-0.15, -0.1) is 11.3 Å². The minimum absolute atomic E-state index is 0.185. The first kappa shape index (κ1) is 11.5. The smallest absolute Gasteiger partial charge is 0.346 e. The summed E-state index contributed by atoms with van der Waals surface area (Å²) < 4.78 is 1.25. The predicted molar refractivity (Wildman–Crippen MR) is 63.6 cm³/mol. The summed E-state index contributed by atoms with van der Waals surface area (Å²) in [7, 11) is 0. The minimum Gasteiger partial charge on any atom is -0.477 e. The van der Waals surface area contributed by atoms with Crippen molar-refractivity contribution in [1.82, 2.24) is 9.78 Å². The maximum atomic E-state index is 11.6. The van der Waals surface area contributed by atoms with Gasteiger partial charge in [-0.05, 0) is 29.5 Å². The van der Waals surface area contributed by atoms with Crippen molar-refractivity contribution < 1.29 is 9.90 Å². The van der Waals surface area contributed by atoms with Crippen LogP contribution in [0.1, 0.15) is 20.8 Å². The van der Waals surface area contributed by atoms with E-state index in [0.717, 1.165) is 16.9 Å². The van der Waals surface area contributed by atoms with Gasteiger partial charge in [0.05, 0.1) is 12.7 Å². The number of carboxylic acids is 1. The Bertz CT molecular complexity index is 615. The van der Waals surface area contributed by atoms with Crippen LogP contribution in [0.5, 0.6) is 0 Å². The summed E-state index contributed by atoms with van der Waals surface area (Å²) in [6.07, 6.45) is 1.58. The highest BCUT2D eigenvalue weighted by atomic mass is 32.1. The fraction of sp³-hybridized carbons (Fsp3) is 0.182. The van der Waals surface area contributed by atoms with Gasteiger partial charge in [-0.3, -0.25) is 4.79 Å². The van der Waals surface area contributed by atoms with E-state index in [1.807, 2.05) is 0 Å². The number of rotatable bonds is 3. The first-order valence-electron chi connectivity index (χ1n) is 4.91. The van der Waals surface area contributed by atoms with Crippen LogP contribution in [0.15, 0.2) is 28.5 Å². The lowest BCUT2D eigenvalue weighted by Gasteiger charge is -2.03. The standard InChI is InChI=1S/C11H10N2O3S/c1-7-4-9(14)13(12-5-7)6-8-2-3-17-10(8)11(15)16/h2-5H,6H2,1H3,(H,15,16). The lowest BCUT2D eigenvalue weighted by atomic mass is 10.2. The molecule has 6 heteroatoms. The minimum atomic E-state index is -0.977. The molecule has 0 radical (unpaired) electrons. The number of hydrogen-bond acceptors (Lipinski definition) is 4. The van der Waals surface area contributed by atoms with Crippen molar-refractivity contribution in [3.8, 4) is 0 Å². The van der Waals surface area contributed by atoms with Crippen LogP contribution in [0, 0.1) is 6.92 Å². The molecular weight excluding hydrogens is 240 g/mol. The second kappa shape index (κ2) is 4.50. The van der Waals surface area contributed by atoms with Crippen LogP contribution in [0.25, 0.3) is 0 Å². The van der Waals surface area contributed by atoms with Crippen LogP contribution >= 0.6 is 11.3 Å². The average Bonchev–Trinajstić information content (AvgIpc) is 2.70. The van der Waals surface area contributed by atoms with Gasteiger partial charge in [0, 0.05) is 6.07 Å². The molecule has 0 aliphatic carbocycles. The van der Waals surface area contributed by atoms with E-state index in [2.05, 4.69) is 5.10 Å². The molecule has 0 spiro atoms. The van der Waals surface area contributed by atoms with E-state index < -0.39 is 5.97 Å². The van der Waals surface area contributed by atoms with Gasteiger partial charge in [-0.1, -0.05) is 0 Å². The van der Waals surface area contributed by atoms with Gasteiger partial charge in [0.25, 0.3) is 5.56 Å². The molecule has 2 aromatic rings. The fourth-order valence-corrected chi connectivity index (χ4v) is 2.21. The fourth-order valence-electron chi connectivity index (χ4n) is 1.45. The van der Waals surface area contributed by atoms with E-state index in [0.29, 0.717) is 5.56 Å². The maximum absolute atomic E-state index is 11.6. The number of carboxylic acid groups (broad SMARTS) is 1. The van der Waals surface area contributed by atoms with Gasteiger partial charge < -0.3 is 5.11 Å². The van der Waals surface area contributed by atoms with Crippen LogP contribution in [0.3, 0.4) is 0 Å². The van der Waals surface area contributed by atoms with E-state index in [1.165, 1.54) is 10.7 Å². The molecule has 0 fully saturated rings. The molecule has 88 valence electrons. The second-order valence-electron chi connectivity index (χ2n) is 3.61. The number of aromatic carboxylic acids is 1. The number of carbonyl (C=O) groups is 1. The molecule has 0 aliphatic rings. The molecule has 0 atom stereocenters. The molecule has 5 nitrogen and oxygen atoms in total. The Morgan fingerprint density at radius 2 is 2.35 bits per heavy atom. The zero-order valence-corrected chi connectivity index (χ0v) is 9.90. The van der Waals surface area contributed by atoms with Gasteiger partial charge in [-0.25, -0.2) is 9.48 Å². The van der Waals surface area contributed by atoms with E-state index in [9.17, 15) is 9.59 Å². The van der Waals surface area contributed by atoms with E-state index in [-0.39, 0.29) is 17.0 Å². The Morgan fingerprint density at radius 1 is 1.59 bits per heavy atom. The summed E-state index contributed by atoms with van der Waals surface area (Å²) in [5, 5.41) is 14.6. The van der Waals surface area contributed by atoms with Crippen molar-refractivity contribution >= 4 is 17.3 Å². The van der Waals surface area contributed by atoms with Gasteiger partial charge in [0.2, 0.25) is 0 Å². The maximum Gasteiger partial charge on any atom is 0.346 e. The number of aryl methyl sites for hydroxylation is 1. The van der Waals surface area contributed by atoms with Crippen molar-refractivity contribution in [1.29, 1.82) is 0 Å². The number of nitrogens with zero attached hydrogens (tertiary/aromatic N) is 2. The monoisotopic (exact) mass is 250 g/mol. The van der Waals surface area contributed by atoms with E-state index in [4.69, 9.17) is 5.11 Å². The molecule has 0 amide bonds. The van der Waals surface area contributed by atoms with Gasteiger partial charge in [0.1, 0.15) is 4.88 Å². The number of hydrogen-bond donors (Lipinski definition) is 1. The number of aromatic nitrogens is 2. The first-order chi connectivity index (χ1) is 8.08. The Labute approximate surface area is 101 Å². The summed E-state index contributed by atoms with van der Waals surface area (Å²) in [4.78, 5) is 22.8. The van der Waals surface area contributed by atoms with Crippen LogP contribution in [-0.4, -0.2) is 20.9 Å². The molecule has 2 heterocycles. The molecule has 0 aliphatic heterocycles. The summed E-state index contributed by atoms with van der Waals surface area (Å²) in [5.41, 5.74) is 1.16. The summed E-state index contributed by atoms with van der Waals surface area (Å²) in [5.74, 6) is -0.977. The Balaban J connectivity index is 2.35. The first-order valence-corrected chi connectivity index (χ1v) is 5.79. The van der Waals surface area contributed by atoms with Crippen LogP contribution < -0.4 is 5.56 Å². The van der Waals surface area contributed by atoms with Crippen LogP contribution in [0.2, 0.25) is 0 Å². The van der Waals surface area contributed by atoms with Crippen molar-refractivity contribution in [2.45, 2.75) is 13.5 Å². The lowest BCUT2D eigenvalue weighted by molar-refractivity contribution is 0.0701. The topological polar surface area (TPSA) is 72.2 Å². The quantitative estimate of drug-likeness (QED) is 0.892. The summed E-state index contributed by atoms with van der Waals surface area (Å²) in [6, 6.07) is 3.17. The third kappa shape index (κ3) is 2.42. The molecule has 0 saturated heterocycles. The van der Waals surface area contributed by atoms with Gasteiger partial charge in [0.15, 0.2) is 0 Å². The highest BCUT2D eigenvalue weighted by molar-refractivity contribution is 7.12. The van der Waals surface area contributed by atoms with Gasteiger partial charge in [-0.2, -0.15) is 5.10 Å². The second-order valence-corrected chi connectivity index (χ2v) is 4.53. The highest BCUT2D eigenvalue weighted by Gasteiger charge is 2.12. The lowest BCUT2D eigenvalue weighted by Crippen LogP contribution is -2.23. The molecule has 2 aromatic heterocycles. The molecule has 0 unspecified atom stereocenters. The zero-order chi connectivity index (χ0) is 12.4. The third-order valence-electron chi connectivity index (χ3n) is 2.27. The van der Waals surface area contributed by atoms with E-state index >= 15 is 0 Å². The van der Waals surface area contributed by atoms with Gasteiger partial charge >= 0.3 is 5.97 Å². The molecule has 0 saturated carbocycles. The largest absolute Gasteiger partial charge is 0.477 e. The predicted octanol–water partition coefficient (Wildman–Crippen LogP) is 1.36. The Kier molecular flexibility index (Phi) is 3.06. The molecular formula is C11H10N2O3S. The SMILES string of the molecule is Cc1cnn(Cc2ccsc2C(=O)O)c(=O)c1. The molecule has 1 N–H and O–H groups in total. The van der Waals surface area contributed by atoms with Crippen molar-refractivity contribution in [2.75, 3.05) is 0 Å². The third-order valence-corrected chi connectivity index (χ3v) is 3.21. The van der Waals surface area contributed by atoms with Crippen LogP contribution in [-0.2, 0) is 6.54 Å². The number of thiophene rings is 1. The molecule has 0 bridgehead atoms. The van der Waals surface area contributed by atoms with Crippen molar-refractivity contribution in [3.05, 3.63) is 50.1 Å².